The van der Waals surface area contributed by atoms with Gasteiger partial charge in [0.2, 0.25) is 0 Å². The van der Waals surface area contributed by atoms with E-state index < -0.39 is 11.2 Å². The van der Waals surface area contributed by atoms with E-state index in [1.54, 1.807) is 34.1 Å². The van der Waals surface area contributed by atoms with Crippen LogP contribution in [0.3, 0.4) is 0 Å². The maximum absolute atomic E-state index is 11.0. The standard InChI is InChI=1S/C26H46O8/c1-19(13-29-7)31-15-21(3)33-17-25(5,27)23-10-9-11-24(12-23)26(6,28)18-34-22(4)16-32-20(2)14-30-8/h9-12,19-22,27-28H,13-18H2,1-8H3. The summed E-state index contributed by atoms with van der Waals surface area (Å²) in [6.07, 6.45) is -0.442. The van der Waals surface area contributed by atoms with Crippen LogP contribution in [0.1, 0.15) is 52.7 Å². The molecule has 0 spiro atoms. The van der Waals surface area contributed by atoms with Crippen LogP contribution in [0.5, 0.6) is 0 Å². The minimum Gasteiger partial charge on any atom is -0.383 e. The van der Waals surface area contributed by atoms with Crippen LogP contribution in [0.15, 0.2) is 24.3 Å². The second kappa shape index (κ2) is 15.1. The second-order valence-corrected chi connectivity index (χ2v) is 9.57. The molecule has 198 valence electrons. The van der Waals surface area contributed by atoms with E-state index in [0.717, 1.165) is 0 Å². The summed E-state index contributed by atoms with van der Waals surface area (Å²) in [6.45, 7) is 13.1. The fraction of sp³-hybridized carbons (Fsp3) is 0.769. The van der Waals surface area contributed by atoms with Gasteiger partial charge in [0.1, 0.15) is 11.2 Å². The number of methoxy groups -OCH3 is 2. The molecule has 0 aromatic heterocycles. The fourth-order valence-corrected chi connectivity index (χ4v) is 3.23. The highest BCUT2D eigenvalue weighted by Crippen LogP contribution is 2.28. The summed E-state index contributed by atoms with van der Waals surface area (Å²) in [4.78, 5) is 0. The predicted octanol–water partition coefficient (Wildman–Crippen LogP) is 3.01. The Labute approximate surface area is 205 Å². The van der Waals surface area contributed by atoms with Crippen molar-refractivity contribution in [3.8, 4) is 0 Å². The van der Waals surface area contributed by atoms with Crippen LogP contribution in [0, 0.1) is 0 Å². The van der Waals surface area contributed by atoms with Crippen LogP contribution in [0.4, 0.5) is 0 Å². The average Bonchev–Trinajstić information content (AvgIpc) is 2.79. The van der Waals surface area contributed by atoms with Gasteiger partial charge in [0.25, 0.3) is 0 Å². The van der Waals surface area contributed by atoms with Gasteiger partial charge in [0.05, 0.1) is 64.1 Å². The molecule has 0 fully saturated rings. The molecule has 0 bridgehead atoms. The van der Waals surface area contributed by atoms with Crippen molar-refractivity contribution in [2.24, 2.45) is 0 Å². The highest BCUT2D eigenvalue weighted by molar-refractivity contribution is 5.31. The Kier molecular flexibility index (Phi) is 13.7. The number of aliphatic hydroxyl groups is 2. The Balaban J connectivity index is 2.65. The lowest BCUT2D eigenvalue weighted by Gasteiger charge is -2.30. The predicted molar refractivity (Wildman–Crippen MR) is 131 cm³/mol. The lowest BCUT2D eigenvalue weighted by atomic mass is 9.90. The van der Waals surface area contributed by atoms with Crippen molar-refractivity contribution in [1.29, 1.82) is 0 Å². The van der Waals surface area contributed by atoms with Crippen LogP contribution < -0.4 is 0 Å². The van der Waals surface area contributed by atoms with Crippen molar-refractivity contribution in [1.82, 2.24) is 0 Å². The van der Waals surface area contributed by atoms with E-state index >= 15 is 0 Å². The molecule has 0 heterocycles. The molecule has 0 radical (unpaired) electrons. The first-order valence-electron chi connectivity index (χ1n) is 11.9. The van der Waals surface area contributed by atoms with Gasteiger partial charge in [-0.05, 0) is 58.7 Å². The Bertz CT molecular complexity index is 625. The van der Waals surface area contributed by atoms with Gasteiger partial charge < -0.3 is 38.6 Å². The Morgan fingerprint density at radius 2 is 1.00 bits per heavy atom. The highest BCUT2D eigenvalue weighted by Gasteiger charge is 2.29. The molecule has 0 saturated carbocycles. The minimum atomic E-state index is -1.24. The molecule has 8 heteroatoms. The summed E-state index contributed by atoms with van der Waals surface area (Å²) < 4.78 is 33.1. The fourth-order valence-electron chi connectivity index (χ4n) is 3.23. The van der Waals surface area contributed by atoms with Crippen LogP contribution in [-0.4, -0.2) is 88.5 Å². The largest absolute Gasteiger partial charge is 0.383 e. The molecule has 8 nitrogen and oxygen atoms in total. The topological polar surface area (TPSA) is 95.8 Å². The normalized spacial score (nSPS) is 19.1. The molecule has 2 N–H and O–H groups in total. The average molecular weight is 487 g/mol. The van der Waals surface area contributed by atoms with Crippen molar-refractivity contribution >= 4 is 0 Å². The summed E-state index contributed by atoms with van der Waals surface area (Å²) >= 11 is 0. The quantitative estimate of drug-likeness (QED) is 0.327. The lowest BCUT2D eigenvalue weighted by molar-refractivity contribution is -0.0980. The molecule has 0 aliphatic rings. The van der Waals surface area contributed by atoms with Gasteiger partial charge in [-0.15, -0.1) is 0 Å². The monoisotopic (exact) mass is 486 g/mol. The van der Waals surface area contributed by atoms with Crippen LogP contribution >= 0.6 is 0 Å². The van der Waals surface area contributed by atoms with Gasteiger partial charge in [-0.1, -0.05) is 18.2 Å². The third kappa shape index (κ3) is 11.6. The van der Waals surface area contributed by atoms with E-state index in [4.69, 9.17) is 28.4 Å². The molecule has 1 aromatic rings. The summed E-state index contributed by atoms with van der Waals surface area (Å²) in [5.74, 6) is 0. The lowest BCUT2D eigenvalue weighted by Crippen LogP contribution is -2.34. The zero-order valence-electron chi connectivity index (χ0n) is 22.2. The van der Waals surface area contributed by atoms with E-state index in [-0.39, 0.29) is 37.6 Å². The Morgan fingerprint density at radius 3 is 1.35 bits per heavy atom. The van der Waals surface area contributed by atoms with E-state index in [1.165, 1.54) is 0 Å². The maximum Gasteiger partial charge on any atom is 0.110 e. The first-order valence-corrected chi connectivity index (χ1v) is 11.9. The van der Waals surface area contributed by atoms with Gasteiger partial charge >= 0.3 is 0 Å². The number of ether oxygens (including phenoxy) is 6. The highest BCUT2D eigenvalue weighted by atomic mass is 16.6. The summed E-state index contributed by atoms with van der Waals surface area (Å²) in [5, 5.41) is 22.1. The van der Waals surface area contributed by atoms with Gasteiger partial charge in [0, 0.05) is 14.2 Å². The molecule has 6 atom stereocenters. The van der Waals surface area contributed by atoms with Crippen LogP contribution in [0.25, 0.3) is 0 Å². The number of hydrogen-bond donors (Lipinski definition) is 2. The second-order valence-electron chi connectivity index (χ2n) is 9.57. The molecule has 6 unspecified atom stereocenters. The maximum atomic E-state index is 11.0. The minimum absolute atomic E-state index is 0.0271. The first-order chi connectivity index (χ1) is 15.9. The Morgan fingerprint density at radius 1 is 0.647 bits per heavy atom. The molecule has 0 aliphatic carbocycles. The zero-order chi connectivity index (χ0) is 25.8. The van der Waals surface area contributed by atoms with Gasteiger partial charge in [0.15, 0.2) is 0 Å². The SMILES string of the molecule is COCC(C)OCC(C)OCC(C)(O)c1cccc(C(C)(O)COC(C)COC(C)COC)c1. The molecule has 0 saturated heterocycles. The van der Waals surface area contributed by atoms with Crippen molar-refractivity contribution in [3.05, 3.63) is 35.4 Å². The van der Waals surface area contributed by atoms with Crippen molar-refractivity contribution in [3.63, 3.8) is 0 Å². The van der Waals surface area contributed by atoms with Crippen LogP contribution in [0.2, 0.25) is 0 Å². The summed E-state index contributed by atoms with van der Waals surface area (Å²) in [6, 6.07) is 7.24. The van der Waals surface area contributed by atoms with Crippen molar-refractivity contribution in [2.75, 3.05) is 53.9 Å². The molecule has 0 amide bonds. The molecule has 34 heavy (non-hydrogen) atoms. The summed E-state index contributed by atoms with van der Waals surface area (Å²) in [5.41, 5.74) is -1.18. The number of hydrogen-bond acceptors (Lipinski definition) is 8. The van der Waals surface area contributed by atoms with Gasteiger partial charge in [-0.25, -0.2) is 0 Å². The first kappa shape index (κ1) is 30.9. The van der Waals surface area contributed by atoms with Crippen LogP contribution in [-0.2, 0) is 39.6 Å². The van der Waals surface area contributed by atoms with Crippen molar-refractivity contribution in [2.45, 2.75) is 77.2 Å². The van der Waals surface area contributed by atoms with E-state index in [2.05, 4.69) is 0 Å². The number of benzene rings is 1. The third-order valence-electron chi connectivity index (χ3n) is 5.44. The van der Waals surface area contributed by atoms with E-state index in [0.29, 0.717) is 37.6 Å². The smallest absolute Gasteiger partial charge is 0.110 e. The molecule has 1 rings (SSSR count). The van der Waals surface area contributed by atoms with E-state index in [9.17, 15) is 10.2 Å². The molecular weight excluding hydrogens is 440 g/mol. The van der Waals surface area contributed by atoms with Crippen molar-refractivity contribution < 1.29 is 38.6 Å². The molecule has 1 aromatic carbocycles. The Hall–Kier alpha value is -1.10. The zero-order valence-corrected chi connectivity index (χ0v) is 22.2. The van der Waals surface area contributed by atoms with E-state index in [1.807, 2.05) is 45.9 Å². The molecular formula is C26H46O8. The summed E-state index contributed by atoms with van der Waals surface area (Å²) in [7, 11) is 3.27. The molecule has 0 aliphatic heterocycles. The van der Waals surface area contributed by atoms with Gasteiger partial charge in [-0.3, -0.25) is 0 Å². The third-order valence-corrected chi connectivity index (χ3v) is 5.44. The number of rotatable bonds is 18. The van der Waals surface area contributed by atoms with Gasteiger partial charge in [-0.2, -0.15) is 0 Å².